The van der Waals surface area contributed by atoms with Crippen LogP contribution in [0.5, 0.6) is 0 Å². The van der Waals surface area contributed by atoms with Crippen molar-refractivity contribution in [1.29, 1.82) is 0 Å². The van der Waals surface area contributed by atoms with Gasteiger partial charge in [-0.1, -0.05) is 36.7 Å². The zero-order valence-electron chi connectivity index (χ0n) is 15.4. The van der Waals surface area contributed by atoms with Crippen LogP contribution < -0.4 is 15.5 Å². The summed E-state index contributed by atoms with van der Waals surface area (Å²) >= 11 is 11.5. The second-order valence-corrected chi connectivity index (χ2v) is 7.95. The van der Waals surface area contributed by atoms with Gasteiger partial charge in [-0.3, -0.25) is 0 Å². The fourth-order valence-corrected chi connectivity index (χ4v) is 3.65. The highest BCUT2D eigenvalue weighted by atomic mass is 35.5. The molecule has 0 bridgehead atoms. The van der Waals surface area contributed by atoms with Crippen molar-refractivity contribution in [2.45, 2.75) is 33.2 Å². The van der Waals surface area contributed by atoms with Crippen LogP contribution in [0, 0.1) is 12.8 Å². The van der Waals surface area contributed by atoms with Gasteiger partial charge in [0.1, 0.15) is 0 Å². The first-order valence-electron chi connectivity index (χ1n) is 9.16. The molecule has 0 radical (unpaired) electrons. The average Bonchev–Trinajstić information content (AvgIpc) is 2.63. The van der Waals surface area contributed by atoms with Crippen LogP contribution in [0.3, 0.4) is 0 Å². The van der Waals surface area contributed by atoms with Gasteiger partial charge in [0.05, 0.1) is 0 Å². The van der Waals surface area contributed by atoms with Gasteiger partial charge in [-0.15, -0.1) is 0 Å². The fraction of sp³-hybridized carbons (Fsp3) is 0.381. The summed E-state index contributed by atoms with van der Waals surface area (Å²) in [5.41, 5.74) is 4.48. The Bertz CT molecular complexity index is 760. The monoisotopic (exact) mass is 387 g/mol. The molecule has 0 aliphatic carbocycles. The molecular formula is C21H26ClN3S. The Morgan fingerprint density at radius 3 is 2.69 bits per heavy atom. The lowest BCUT2D eigenvalue weighted by Gasteiger charge is -2.32. The lowest BCUT2D eigenvalue weighted by molar-refractivity contribution is 0.447. The Labute approximate surface area is 166 Å². The van der Waals surface area contributed by atoms with E-state index in [4.69, 9.17) is 23.8 Å². The van der Waals surface area contributed by atoms with Crippen molar-refractivity contribution in [2.75, 3.05) is 23.3 Å². The molecule has 3 nitrogen and oxygen atoms in total. The molecule has 0 amide bonds. The number of thiocarbonyl (C=S) groups is 1. The van der Waals surface area contributed by atoms with Crippen molar-refractivity contribution in [3.8, 4) is 0 Å². The molecule has 1 heterocycles. The summed E-state index contributed by atoms with van der Waals surface area (Å²) in [6.45, 7) is 7.33. The molecule has 0 unspecified atom stereocenters. The molecule has 0 aromatic heterocycles. The van der Waals surface area contributed by atoms with Gasteiger partial charge >= 0.3 is 0 Å². The van der Waals surface area contributed by atoms with Crippen molar-refractivity contribution in [3.05, 3.63) is 58.6 Å². The van der Waals surface area contributed by atoms with E-state index >= 15 is 0 Å². The first-order chi connectivity index (χ1) is 12.5. The highest BCUT2D eigenvalue weighted by Gasteiger charge is 2.16. The number of anilines is 2. The maximum Gasteiger partial charge on any atom is 0.171 e. The summed E-state index contributed by atoms with van der Waals surface area (Å²) in [7, 11) is 0. The highest BCUT2D eigenvalue weighted by Crippen LogP contribution is 2.23. The van der Waals surface area contributed by atoms with E-state index in [1.807, 2.05) is 25.1 Å². The van der Waals surface area contributed by atoms with Gasteiger partial charge in [0.15, 0.2) is 5.11 Å². The third-order valence-electron chi connectivity index (χ3n) is 4.84. The van der Waals surface area contributed by atoms with E-state index in [0.717, 1.165) is 35.3 Å². The van der Waals surface area contributed by atoms with Gasteiger partial charge in [-0.25, -0.2) is 0 Å². The van der Waals surface area contributed by atoms with Crippen molar-refractivity contribution in [2.24, 2.45) is 5.92 Å². The average molecular weight is 388 g/mol. The minimum absolute atomic E-state index is 0.596. The highest BCUT2D eigenvalue weighted by molar-refractivity contribution is 7.80. The van der Waals surface area contributed by atoms with Gasteiger partial charge in [-0.2, -0.15) is 0 Å². The number of nitrogens with one attached hydrogen (secondary N) is 2. The van der Waals surface area contributed by atoms with Crippen molar-refractivity contribution in [1.82, 2.24) is 5.32 Å². The van der Waals surface area contributed by atoms with Crippen LogP contribution in [0.4, 0.5) is 11.4 Å². The summed E-state index contributed by atoms with van der Waals surface area (Å²) in [6, 6.07) is 14.6. The van der Waals surface area contributed by atoms with Crippen LogP contribution in [0.25, 0.3) is 0 Å². The largest absolute Gasteiger partial charge is 0.371 e. The van der Waals surface area contributed by atoms with Crippen molar-refractivity contribution < 1.29 is 0 Å². The Hall–Kier alpha value is -1.78. The predicted molar refractivity (Wildman–Crippen MR) is 116 cm³/mol. The van der Waals surface area contributed by atoms with Crippen LogP contribution in [0.2, 0.25) is 5.02 Å². The third-order valence-corrected chi connectivity index (χ3v) is 5.49. The molecule has 2 aromatic rings. The topological polar surface area (TPSA) is 27.3 Å². The van der Waals surface area contributed by atoms with E-state index in [1.54, 1.807) is 0 Å². The number of nitrogens with zero attached hydrogens (tertiary/aromatic N) is 1. The Morgan fingerprint density at radius 1 is 1.23 bits per heavy atom. The zero-order chi connectivity index (χ0) is 18.5. The Kier molecular flexibility index (Phi) is 6.38. The molecule has 138 valence electrons. The molecule has 2 aromatic carbocycles. The van der Waals surface area contributed by atoms with Crippen LogP contribution in [0.1, 0.15) is 30.9 Å². The molecule has 1 fully saturated rings. The van der Waals surface area contributed by atoms with Crippen molar-refractivity contribution >= 4 is 40.3 Å². The van der Waals surface area contributed by atoms with Gasteiger partial charge < -0.3 is 15.5 Å². The third kappa shape index (κ3) is 5.12. The quantitative estimate of drug-likeness (QED) is 0.689. The first kappa shape index (κ1) is 19.0. The fourth-order valence-electron chi connectivity index (χ4n) is 3.28. The zero-order valence-corrected chi connectivity index (χ0v) is 17.0. The minimum Gasteiger partial charge on any atom is -0.371 e. The second-order valence-electron chi connectivity index (χ2n) is 7.13. The van der Waals surface area contributed by atoms with Gasteiger partial charge in [0, 0.05) is 36.0 Å². The summed E-state index contributed by atoms with van der Waals surface area (Å²) in [5.74, 6) is 0.781. The smallest absolute Gasteiger partial charge is 0.171 e. The number of rotatable bonds is 4. The predicted octanol–water partition coefficient (Wildman–Crippen LogP) is 5.37. The van der Waals surface area contributed by atoms with E-state index in [-0.39, 0.29) is 0 Å². The molecule has 0 spiro atoms. The molecule has 3 rings (SSSR count). The molecule has 26 heavy (non-hydrogen) atoms. The van der Waals surface area contributed by atoms with Gasteiger partial charge in [-0.05, 0) is 73.3 Å². The second kappa shape index (κ2) is 8.74. The number of hydrogen-bond donors (Lipinski definition) is 2. The van der Waals surface area contributed by atoms with Crippen LogP contribution >= 0.6 is 23.8 Å². The van der Waals surface area contributed by atoms with Crippen molar-refractivity contribution in [3.63, 3.8) is 0 Å². The van der Waals surface area contributed by atoms with Gasteiger partial charge in [0.2, 0.25) is 0 Å². The van der Waals surface area contributed by atoms with E-state index in [9.17, 15) is 0 Å². The maximum atomic E-state index is 6.15. The van der Waals surface area contributed by atoms with Gasteiger partial charge in [0.25, 0.3) is 0 Å². The normalized spacial score (nSPS) is 17.0. The molecule has 1 saturated heterocycles. The SMILES string of the molecule is Cc1ccc(NC(=S)NCc2ccc(N3CCC[C@H](C)C3)cc2)cc1Cl. The lowest BCUT2D eigenvalue weighted by atomic mass is 9.99. The molecule has 1 aliphatic heterocycles. The standard InChI is InChI=1S/C21H26ClN3S/c1-15-4-3-11-25(14-15)19-9-6-17(7-10-19)13-23-21(26)24-18-8-5-16(2)20(22)12-18/h5-10,12,15H,3-4,11,13-14H2,1-2H3,(H2,23,24,26)/t15-/m0/s1. The van der Waals surface area contributed by atoms with E-state index in [1.165, 1.54) is 24.1 Å². The molecule has 0 saturated carbocycles. The van der Waals surface area contributed by atoms with Crippen LogP contribution in [-0.2, 0) is 6.54 Å². The summed E-state index contributed by atoms with van der Waals surface area (Å²) < 4.78 is 0. The molecule has 1 aliphatic rings. The molecule has 5 heteroatoms. The summed E-state index contributed by atoms with van der Waals surface area (Å²) in [5, 5.41) is 7.76. The van der Waals surface area contributed by atoms with E-state index < -0.39 is 0 Å². The summed E-state index contributed by atoms with van der Waals surface area (Å²) in [6.07, 6.45) is 2.63. The summed E-state index contributed by atoms with van der Waals surface area (Å²) in [4.78, 5) is 2.48. The number of halogens is 1. The van der Waals surface area contributed by atoms with Crippen LogP contribution in [0.15, 0.2) is 42.5 Å². The number of benzene rings is 2. The lowest BCUT2D eigenvalue weighted by Crippen LogP contribution is -2.34. The molecule has 2 N–H and O–H groups in total. The Morgan fingerprint density at radius 2 is 2.00 bits per heavy atom. The first-order valence-corrected chi connectivity index (χ1v) is 9.95. The minimum atomic E-state index is 0.596. The molecule has 1 atom stereocenters. The maximum absolute atomic E-state index is 6.15. The number of aryl methyl sites for hydroxylation is 1. The van der Waals surface area contributed by atoms with Crippen LogP contribution in [-0.4, -0.2) is 18.2 Å². The molecular weight excluding hydrogens is 362 g/mol. The number of piperidine rings is 1. The Balaban J connectivity index is 1.51. The number of hydrogen-bond acceptors (Lipinski definition) is 2. The van der Waals surface area contributed by atoms with E-state index in [0.29, 0.717) is 11.7 Å². The van der Waals surface area contributed by atoms with E-state index in [2.05, 4.69) is 46.7 Å².